The van der Waals surface area contributed by atoms with Crippen molar-refractivity contribution in [2.24, 2.45) is 5.92 Å². The van der Waals surface area contributed by atoms with Gasteiger partial charge in [0.1, 0.15) is 5.01 Å². The smallest absolute Gasteiger partial charge is 0.113 e. The first-order valence-electron chi connectivity index (χ1n) is 7.36. The first-order chi connectivity index (χ1) is 9.08. The van der Waals surface area contributed by atoms with E-state index < -0.39 is 0 Å². The molecule has 1 aliphatic rings. The average molecular weight is 282 g/mol. The van der Waals surface area contributed by atoms with Gasteiger partial charge in [-0.25, -0.2) is 4.98 Å². The van der Waals surface area contributed by atoms with E-state index in [1.165, 1.54) is 10.7 Å². The zero-order valence-electron chi connectivity index (χ0n) is 12.5. The molecule has 0 spiro atoms. The fourth-order valence-corrected chi connectivity index (χ4v) is 3.76. The molecular weight excluding hydrogens is 256 g/mol. The number of hydrogen-bond acceptors (Lipinski definition) is 4. The molecule has 0 amide bonds. The number of nitrogens with one attached hydrogen (secondary N) is 1. The predicted octanol–water partition coefficient (Wildman–Crippen LogP) is 3.52. The lowest BCUT2D eigenvalue weighted by molar-refractivity contribution is 0.152. The first-order valence-corrected chi connectivity index (χ1v) is 8.24. The lowest BCUT2D eigenvalue weighted by Gasteiger charge is -2.34. The Morgan fingerprint density at radius 1 is 1.58 bits per heavy atom. The zero-order chi connectivity index (χ0) is 13.9. The molecule has 1 aromatic rings. The molecule has 0 radical (unpaired) electrons. The van der Waals surface area contributed by atoms with Gasteiger partial charge in [-0.1, -0.05) is 20.8 Å². The van der Waals surface area contributed by atoms with E-state index in [2.05, 4.69) is 38.4 Å². The van der Waals surface area contributed by atoms with E-state index in [0.717, 1.165) is 32.6 Å². The zero-order valence-corrected chi connectivity index (χ0v) is 13.3. The SMILES string of the molecule is CCCNC(C)(c1nc(C(C)C)cs1)C1CCOC1. The summed E-state index contributed by atoms with van der Waals surface area (Å²) in [6.45, 7) is 11.7. The molecule has 0 aliphatic carbocycles. The third-order valence-electron chi connectivity index (χ3n) is 4.05. The van der Waals surface area contributed by atoms with E-state index in [0.29, 0.717) is 11.8 Å². The lowest BCUT2D eigenvalue weighted by Crippen LogP contribution is -2.46. The quantitative estimate of drug-likeness (QED) is 0.867. The molecule has 0 saturated carbocycles. The molecule has 3 nitrogen and oxygen atoms in total. The van der Waals surface area contributed by atoms with Gasteiger partial charge in [0.25, 0.3) is 0 Å². The van der Waals surface area contributed by atoms with Gasteiger partial charge < -0.3 is 10.1 Å². The van der Waals surface area contributed by atoms with Crippen molar-refractivity contribution in [3.05, 3.63) is 16.1 Å². The van der Waals surface area contributed by atoms with Gasteiger partial charge in [-0.05, 0) is 32.2 Å². The summed E-state index contributed by atoms with van der Waals surface area (Å²) < 4.78 is 5.60. The van der Waals surface area contributed by atoms with E-state index in [9.17, 15) is 0 Å². The highest BCUT2D eigenvalue weighted by Crippen LogP contribution is 2.37. The van der Waals surface area contributed by atoms with Gasteiger partial charge in [-0.15, -0.1) is 11.3 Å². The summed E-state index contributed by atoms with van der Waals surface area (Å²) in [5.41, 5.74) is 1.17. The van der Waals surface area contributed by atoms with Crippen LogP contribution in [0.4, 0.5) is 0 Å². The topological polar surface area (TPSA) is 34.2 Å². The van der Waals surface area contributed by atoms with Crippen LogP contribution < -0.4 is 5.32 Å². The number of aromatic nitrogens is 1. The molecule has 1 aromatic heterocycles. The molecule has 1 N–H and O–H groups in total. The maximum atomic E-state index is 5.60. The highest BCUT2D eigenvalue weighted by Gasteiger charge is 2.40. The number of thiazole rings is 1. The van der Waals surface area contributed by atoms with Crippen molar-refractivity contribution < 1.29 is 4.74 Å². The number of hydrogen-bond donors (Lipinski definition) is 1. The molecule has 2 heterocycles. The van der Waals surface area contributed by atoms with E-state index in [-0.39, 0.29) is 5.54 Å². The van der Waals surface area contributed by atoms with Gasteiger partial charge in [0, 0.05) is 17.9 Å². The Labute approximate surface area is 120 Å². The number of ether oxygens (including phenoxy) is 1. The summed E-state index contributed by atoms with van der Waals surface area (Å²) in [4.78, 5) is 4.88. The lowest BCUT2D eigenvalue weighted by atomic mass is 9.85. The van der Waals surface area contributed by atoms with Gasteiger partial charge in [0.2, 0.25) is 0 Å². The molecule has 19 heavy (non-hydrogen) atoms. The largest absolute Gasteiger partial charge is 0.381 e. The van der Waals surface area contributed by atoms with Crippen LogP contribution in [0.25, 0.3) is 0 Å². The minimum atomic E-state index is -0.0374. The molecule has 2 unspecified atom stereocenters. The molecule has 0 aromatic carbocycles. The fraction of sp³-hybridized carbons (Fsp3) is 0.800. The van der Waals surface area contributed by atoms with Crippen molar-refractivity contribution in [3.63, 3.8) is 0 Å². The van der Waals surface area contributed by atoms with Gasteiger partial charge in [0.05, 0.1) is 17.8 Å². The van der Waals surface area contributed by atoms with Crippen molar-refractivity contribution in [2.45, 2.75) is 52.0 Å². The van der Waals surface area contributed by atoms with E-state index >= 15 is 0 Å². The Kier molecular flexibility index (Phi) is 4.98. The average Bonchev–Trinajstić information content (AvgIpc) is 3.05. The molecular formula is C15H26N2OS. The Bertz CT molecular complexity index is 399. The molecule has 2 atom stereocenters. The Morgan fingerprint density at radius 3 is 2.89 bits per heavy atom. The van der Waals surface area contributed by atoms with Crippen LogP contribution in [0.15, 0.2) is 5.38 Å². The van der Waals surface area contributed by atoms with Gasteiger partial charge in [-0.2, -0.15) is 0 Å². The minimum absolute atomic E-state index is 0.0374. The Morgan fingerprint density at radius 2 is 2.37 bits per heavy atom. The summed E-state index contributed by atoms with van der Waals surface area (Å²) in [6, 6.07) is 0. The van der Waals surface area contributed by atoms with E-state index in [4.69, 9.17) is 9.72 Å². The van der Waals surface area contributed by atoms with Crippen LogP contribution in [0.5, 0.6) is 0 Å². The van der Waals surface area contributed by atoms with Crippen LogP contribution in [0.1, 0.15) is 57.2 Å². The van der Waals surface area contributed by atoms with Gasteiger partial charge >= 0.3 is 0 Å². The van der Waals surface area contributed by atoms with Gasteiger partial charge in [0.15, 0.2) is 0 Å². The van der Waals surface area contributed by atoms with Crippen molar-refractivity contribution >= 4 is 11.3 Å². The predicted molar refractivity (Wildman–Crippen MR) is 80.8 cm³/mol. The summed E-state index contributed by atoms with van der Waals surface area (Å²) in [5.74, 6) is 1.03. The molecule has 1 aliphatic heterocycles. The molecule has 1 saturated heterocycles. The maximum absolute atomic E-state index is 5.60. The maximum Gasteiger partial charge on any atom is 0.113 e. The van der Waals surface area contributed by atoms with Crippen LogP contribution in [0.3, 0.4) is 0 Å². The first kappa shape index (κ1) is 14.9. The highest BCUT2D eigenvalue weighted by molar-refractivity contribution is 7.09. The second-order valence-electron chi connectivity index (χ2n) is 5.92. The van der Waals surface area contributed by atoms with Crippen LogP contribution in [-0.4, -0.2) is 24.7 Å². The third-order valence-corrected chi connectivity index (χ3v) is 5.14. The van der Waals surface area contributed by atoms with Gasteiger partial charge in [-0.3, -0.25) is 0 Å². The Balaban J connectivity index is 2.24. The number of nitrogens with zero attached hydrogens (tertiary/aromatic N) is 1. The fourth-order valence-electron chi connectivity index (χ4n) is 2.56. The summed E-state index contributed by atoms with van der Waals surface area (Å²) in [7, 11) is 0. The van der Waals surface area contributed by atoms with Crippen molar-refractivity contribution in [1.82, 2.24) is 10.3 Å². The minimum Gasteiger partial charge on any atom is -0.381 e. The third kappa shape index (κ3) is 3.18. The van der Waals surface area contributed by atoms with E-state index in [1.807, 2.05) is 0 Å². The summed E-state index contributed by atoms with van der Waals surface area (Å²) in [5, 5.41) is 7.16. The number of rotatable bonds is 6. The monoisotopic (exact) mass is 282 g/mol. The van der Waals surface area contributed by atoms with Crippen molar-refractivity contribution in [3.8, 4) is 0 Å². The highest BCUT2D eigenvalue weighted by atomic mass is 32.1. The second kappa shape index (κ2) is 6.33. The molecule has 1 fully saturated rings. The Hall–Kier alpha value is -0.450. The summed E-state index contributed by atoms with van der Waals surface area (Å²) in [6.07, 6.45) is 2.27. The normalized spacial score (nSPS) is 22.9. The van der Waals surface area contributed by atoms with Crippen LogP contribution >= 0.6 is 11.3 Å². The van der Waals surface area contributed by atoms with Crippen LogP contribution in [0.2, 0.25) is 0 Å². The molecule has 0 bridgehead atoms. The molecule has 108 valence electrons. The van der Waals surface area contributed by atoms with Crippen LogP contribution in [-0.2, 0) is 10.3 Å². The molecule has 2 rings (SSSR count). The second-order valence-corrected chi connectivity index (χ2v) is 6.78. The molecule has 4 heteroatoms. The van der Waals surface area contributed by atoms with Crippen molar-refractivity contribution in [1.29, 1.82) is 0 Å². The standard InChI is InChI=1S/C15H26N2OS/c1-5-7-16-15(4,12-6-8-18-9-12)14-17-13(10-19-14)11(2)3/h10-12,16H,5-9H2,1-4H3. The van der Waals surface area contributed by atoms with Crippen molar-refractivity contribution in [2.75, 3.05) is 19.8 Å². The van der Waals surface area contributed by atoms with E-state index in [1.54, 1.807) is 11.3 Å². The summed E-state index contributed by atoms with van der Waals surface area (Å²) >= 11 is 1.79. The van der Waals surface area contributed by atoms with Crippen LogP contribution in [0, 0.1) is 5.92 Å².